The maximum atomic E-state index is 13.1. The summed E-state index contributed by atoms with van der Waals surface area (Å²) in [5.74, 6) is -0.109. The quantitative estimate of drug-likeness (QED) is 0.737. The fourth-order valence-electron chi connectivity index (χ4n) is 4.12. The average molecular weight is 447 g/mol. The third-order valence-electron chi connectivity index (χ3n) is 5.91. The molecule has 0 bridgehead atoms. The first-order valence-corrected chi connectivity index (χ1v) is 12.1. The maximum absolute atomic E-state index is 13.1. The van der Waals surface area contributed by atoms with Gasteiger partial charge in [0.25, 0.3) is 0 Å². The van der Waals surface area contributed by atoms with Crippen molar-refractivity contribution in [1.82, 2.24) is 14.6 Å². The van der Waals surface area contributed by atoms with Crippen LogP contribution in [0.15, 0.2) is 47.5 Å². The molecule has 4 rings (SSSR count). The van der Waals surface area contributed by atoms with E-state index in [1.807, 2.05) is 12.1 Å². The molecule has 0 unspecified atom stereocenters. The Hall–Kier alpha value is -2.52. The van der Waals surface area contributed by atoms with Crippen molar-refractivity contribution in [3.05, 3.63) is 54.0 Å². The van der Waals surface area contributed by atoms with Crippen LogP contribution in [0.4, 0.5) is 10.2 Å². The number of nitrogens with one attached hydrogen (secondary N) is 1. The Labute approximate surface area is 182 Å². The van der Waals surface area contributed by atoms with Crippen LogP contribution < -0.4 is 10.2 Å². The van der Waals surface area contributed by atoms with Crippen molar-refractivity contribution in [1.29, 1.82) is 0 Å². The Kier molecular flexibility index (Phi) is 6.52. The van der Waals surface area contributed by atoms with Crippen LogP contribution in [0, 0.1) is 11.7 Å². The molecule has 0 radical (unpaired) electrons. The fraction of sp³-hybridized carbons (Fsp3) is 0.455. The highest BCUT2D eigenvalue weighted by Crippen LogP contribution is 2.24. The Morgan fingerprint density at radius 2 is 1.81 bits per heavy atom. The van der Waals surface area contributed by atoms with Gasteiger partial charge in [-0.05, 0) is 61.6 Å². The van der Waals surface area contributed by atoms with Crippen LogP contribution in [0.3, 0.4) is 0 Å². The van der Waals surface area contributed by atoms with E-state index in [0.717, 1.165) is 36.6 Å². The van der Waals surface area contributed by atoms with E-state index in [-0.39, 0.29) is 17.3 Å². The lowest BCUT2D eigenvalue weighted by atomic mass is 9.99. The summed E-state index contributed by atoms with van der Waals surface area (Å²) in [4.78, 5) is 19.5. The van der Waals surface area contributed by atoms with E-state index < -0.39 is 21.8 Å². The Balaban J connectivity index is 1.34. The number of amides is 1. The summed E-state index contributed by atoms with van der Waals surface area (Å²) in [7, 11) is -3.75. The van der Waals surface area contributed by atoms with Crippen molar-refractivity contribution in [2.75, 3.05) is 31.1 Å². The van der Waals surface area contributed by atoms with Crippen LogP contribution in [-0.4, -0.2) is 49.8 Å². The van der Waals surface area contributed by atoms with Crippen LogP contribution in [0.5, 0.6) is 0 Å². The molecule has 3 heterocycles. The smallest absolute Gasteiger partial charge is 0.243 e. The zero-order valence-electron chi connectivity index (χ0n) is 17.3. The molecule has 2 aliphatic rings. The summed E-state index contributed by atoms with van der Waals surface area (Å²) in [6, 6.07) is 8.71. The number of hydrogen-bond acceptors (Lipinski definition) is 5. The molecule has 0 saturated carbocycles. The minimum Gasteiger partial charge on any atom is -0.357 e. The maximum Gasteiger partial charge on any atom is 0.243 e. The molecule has 2 aromatic rings. The molecule has 1 aromatic heterocycles. The van der Waals surface area contributed by atoms with Gasteiger partial charge in [-0.3, -0.25) is 4.79 Å². The predicted octanol–water partition coefficient (Wildman–Crippen LogP) is 2.54. The number of nitrogens with zero attached hydrogens (tertiary/aromatic N) is 3. The third-order valence-corrected chi connectivity index (χ3v) is 7.79. The summed E-state index contributed by atoms with van der Waals surface area (Å²) in [6.07, 6.45) is 5.39. The van der Waals surface area contributed by atoms with E-state index in [0.29, 0.717) is 25.9 Å². The molecule has 2 saturated heterocycles. The van der Waals surface area contributed by atoms with E-state index in [1.54, 1.807) is 6.20 Å². The molecule has 1 aromatic carbocycles. The second kappa shape index (κ2) is 9.32. The number of carbonyl (C=O) groups is 1. The van der Waals surface area contributed by atoms with E-state index in [1.165, 1.54) is 29.3 Å². The van der Waals surface area contributed by atoms with Crippen LogP contribution >= 0.6 is 0 Å². The topological polar surface area (TPSA) is 82.6 Å². The molecule has 1 N–H and O–H groups in total. The van der Waals surface area contributed by atoms with Crippen molar-refractivity contribution in [2.24, 2.45) is 5.92 Å². The second-order valence-electron chi connectivity index (χ2n) is 8.09. The number of benzene rings is 1. The van der Waals surface area contributed by atoms with Gasteiger partial charge in [0.15, 0.2) is 0 Å². The van der Waals surface area contributed by atoms with Gasteiger partial charge < -0.3 is 10.2 Å². The largest absolute Gasteiger partial charge is 0.357 e. The molecule has 1 atom stereocenters. The molecular formula is C22H27FN4O3S. The minimum atomic E-state index is -3.75. The minimum absolute atomic E-state index is 0.0409. The summed E-state index contributed by atoms with van der Waals surface area (Å²) in [5.41, 5.74) is 0.905. The first-order valence-electron chi connectivity index (χ1n) is 10.7. The first-order chi connectivity index (χ1) is 14.9. The normalized spacial score (nSPS) is 20.0. The number of rotatable bonds is 6. The molecular weight excluding hydrogens is 419 g/mol. The van der Waals surface area contributed by atoms with Gasteiger partial charge >= 0.3 is 0 Å². The van der Waals surface area contributed by atoms with Gasteiger partial charge in [-0.15, -0.1) is 0 Å². The van der Waals surface area contributed by atoms with Gasteiger partial charge in [-0.2, -0.15) is 4.31 Å². The van der Waals surface area contributed by atoms with Crippen molar-refractivity contribution in [2.45, 2.75) is 37.1 Å². The molecule has 2 aliphatic heterocycles. The van der Waals surface area contributed by atoms with Crippen LogP contribution in [0.1, 0.15) is 31.2 Å². The number of aromatic nitrogens is 1. The second-order valence-corrected chi connectivity index (χ2v) is 10.0. The SMILES string of the molecule is O=C(NCc1ccc(N2CCCC2)nc1)[C@H]1CCCN(S(=O)(=O)c2ccc(F)cc2)C1. The summed E-state index contributed by atoms with van der Waals surface area (Å²) in [6.45, 7) is 2.89. The number of sulfonamides is 1. The van der Waals surface area contributed by atoms with Crippen LogP contribution in [0.25, 0.3) is 0 Å². The highest BCUT2D eigenvalue weighted by molar-refractivity contribution is 7.89. The molecule has 7 nitrogen and oxygen atoms in total. The van der Waals surface area contributed by atoms with Crippen molar-refractivity contribution < 1.29 is 17.6 Å². The van der Waals surface area contributed by atoms with Gasteiger partial charge in [-0.1, -0.05) is 6.07 Å². The average Bonchev–Trinajstić information content (AvgIpc) is 3.33. The molecule has 1 amide bonds. The van der Waals surface area contributed by atoms with Crippen molar-refractivity contribution in [3.8, 4) is 0 Å². The summed E-state index contributed by atoms with van der Waals surface area (Å²) >= 11 is 0. The number of hydrogen-bond donors (Lipinski definition) is 1. The van der Waals surface area contributed by atoms with Crippen molar-refractivity contribution >= 4 is 21.7 Å². The fourth-order valence-corrected chi connectivity index (χ4v) is 5.64. The number of pyridine rings is 1. The summed E-state index contributed by atoms with van der Waals surface area (Å²) < 4.78 is 40.2. The highest BCUT2D eigenvalue weighted by atomic mass is 32.2. The van der Waals surface area contributed by atoms with Crippen LogP contribution in [0.2, 0.25) is 0 Å². The zero-order valence-corrected chi connectivity index (χ0v) is 18.2. The number of halogens is 1. The molecule has 166 valence electrons. The molecule has 2 fully saturated rings. The van der Waals surface area contributed by atoms with E-state index in [2.05, 4.69) is 15.2 Å². The first kappa shape index (κ1) is 21.7. The lowest BCUT2D eigenvalue weighted by Crippen LogP contribution is -2.45. The third kappa shape index (κ3) is 5.04. The van der Waals surface area contributed by atoms with E-state index in [4.69, 9.17) is 0 Å². The standard InChI is InChI=1S/C22H27FN4O3S/c23-19-6-8-20(9-7-19)31(29,30)27-13-3-4-18(16-27)22(28)25-15-17-5-10-21(24-14-17)26-11-1-2-12-26/h5-10,14,18H,1-4,11-13,15-16H2,(H,25,28)/t18-/m0/s1. The van der Waals surface area contributed by atoms with Gasteiger partial charge in [0.2, 0.25) is 15.9 Å². The summed E-state index contributed by atoms with van der Waals surface area (Å²) in [5, 5.41) is 2.91. The monoisotopic (exact) mass is 446 g/mol. The Morgan fingerprint density at radius 1 is 1.06 bits per heavy atom. The zero-order chi connectivity index (χ0) is 21.8. The van der Waals surface area contributed by atoms with Gasteiger partial charge in [0.1, 0.15) is 11.6 Å². The van der Waals surface area contributed by atoms with E-state index in [9.17, 15) is 17.6 Å². The number of piperidine rings is 1. The Bertz CT molecular complexity index is 1010. The lowest BCUT2D eigenvalue weighted by molar-refractivity contribution is -0.126. The Morgan fingerprint density at radius 3 is 2.48 bits per heavy atom. The molecule has 9 heteroatoms. The lowest BCUT2D eigenvalue weighted by Gasteiger charge is -2.31. The van der Waals surface area contributed by atoms with Crippen molar-refractivity contribution in [3.63, 3.8) is 0 Å². The highest BCUT2D eigenvalue weighted by Gasteiger charge is 2.33. The van der Waals surface area contributed by atoms with Crippen LogP contribution in [-0.2, 0) is 21.4 Å². The predicted molar refractivity (Wildman–Crippen MR) is 115 cm³/mol. The van der Waals surface area contributed by atoms with Gasteiger partial charge in [0.05, 0.1) is 10.8 Å². The number of anilines is 1. The van der Waals surface area contributed by atoms with E-state index >= 15 is 0 Å². The van der Waals surface area contributed by atoms with Gasteiger partial charge in [-0.25, -0.2) is 17.8 Å². The molecule has 0 spiro atoms. The molecule has 0 aliphatic carbocycles. The number of carbonyl (C=O) groups excluding carboxylic acids is 1. The molecule has 31 heavy (non-hydrogen) atoms. The van der Waals surface area contributed by atoms with Gasteiger partial charge in [0, 0.05) is 38.9 Å².